The topological polar surface area (TPSA) is 79.2 Å². The van der Waals surface area contributed by atoms with Gasteiger partial charge < -0.3 is 19.7 Å². The van der Waals surface area contributed by atoms with Gasteiger partial charge in [-0.15, -0.1) is 0 Å². The molecule has 1 fully saturated rings. The molecule has 52 heavy (non-hydrogen) atoms. The van der Waals surface area contributed by atoms with E-state index in [-0.39, 0.29) is 55.0 Å². The zero-order valence-electron chi connectivity index (χ0n) is 28.7. The van der Waals surface area contributed by atoms with Crippen molar-refractivity contribution < 1.29 is 64.0 Å². The number of nitrogens with zero attached hydrogens (tertiary/aromatic N) is 1. The van der Waals surface area contributed by atoms with Crippen LogP contribution in [0, 0.1) is 6.92 Å². The van der Waals surface area contributed by atoms with Crippen LogP contribution in [0.2, 0.25) is 0 Å². The van der Waals surface area contributed by atoms with E-state index in [1.807, 2.05) is 0 Å². The quantitative estimate of drug-likeness (QED) is 0.134. The van der Waals surface area contributed by atoms with Crippen LogP contribution in [0.4, 0.5) is 39.5 Å². The minimum atomic E-state index is -5.15. The summed E-state index contributed by atoms with van der Waals surface area (Å²) in [6.45, 7) is 2.91. The van der Waals surface area contributed by atoms with Gasteiger partial charge in [0.2, 0.25) is 0 Å². The zero-order valence-corrected chi connectivity index (χ0v) is 28.7. The van der Waals surface area contributed by atoms with Gasteiger partial charge in [-0.3, -0.25) is 9.69 Å². The molecule has 1 aliphatic rings. The summed E-state index contributed by atoms with van der Waals surface area (Å²) in [6.07, 6.45) is -13.6. The summed E-state index contributed by atoms with van der Waals surface area (Å²) < 4.78 is 136. The number of aliphatic carboxylic acids is 1. The molecule has 2 unspecified atom stereocenters. The Kier molecular flexibility index (Phi) is 12.8. The second kappa shape index (κ2) is 16.4. The third kappa shape index (κ3) is 10.1. The summed E-state index contributed by atoms with van der Waals surface area (Å²) in [7, 11) is 1.37. The Morgan fingerprint density at radius 1 is 0.827 bits per heavy atom. The van der Waals surface area contributed by atoms with Gasteiger partial charge in [0.25, 0.3) is 0 Å². The summed E-state index contributed by atoms with van der Waals surface area (Å²) in [6, 6.07) is 5.60. The van der Waals surface area contributed by atoms with Crippen molar-refractivity contribution in [2.75, 3.05) is 13.7 Å². The Labute approximate surface area is 295 Å². The lowest BCUT2D eigenvalue weighted by Gasteiger charge is -2.41. The number of carboxylic acids is 1. The number of hydrogen-bond acceptors (Lipinski definition) is 5. The van der Waals surface area contributed by atoms with Gasteiger partial charge in [0.05, 0.1) is 36.5 Å². The Bertz CT molecular complexity index is 1670. The number of halogens is 9. The van der Waals surface area contributed by atoms with Crippen LogP contribution in [0.1, 0.15) is 91.4 Å². The van der Waals surface area contributed by atoms with Crippen LogP contribution < -0.4 is 9.47 Å². The van der Waals surface area contributed by atoms with Crippen molar-refractivity contribution in [3.8, 4) is 22.6 Å². The lowest BCUT2D eigenvalue weighted by molar-refractivity contribution is -0.143. The number of rotatable bonds is 13. The van der Waals surface area contributed by atoms with Crippen LogP contribution in [0.5, 0.6) is 11.5 Å². The summed E-state index contributed by atoms with van der Waals surface area (Å²) in [5.74, 6) is -0.414. The first-order valence-electron chi connectivity index (χ1n) is 16.7. The van der Waals surface area contributed by atoms with E-state index in [2.05, 4.69) is 0 Å². The molecule has 286 valence electrons. The minimum absolute atomic E-state index is 0.0339. The largest absolute Gasteiger partial charge is 0.496 e. The molecule has 0 saturated heterocycles. The highest BCUT2D eigenvalue weighted by Crippen LogP contribution is 2.43. The molecule has 0 heterocycles. The molecule has 1 saturated carbocycles. The smallest absolute Gasteiger partial charge is 0.416 e. The van der Waals surface area contributed by atoms with Gasteiger partial charge in [-0.1, -0.05) is 25.3 Å². The maximum atomic E-state index is 14.1. The van der Waals surface area contributed by atoms with E-state index in [1.54, 1.807) is 24.0 Å². The van der Waals surface area contributed by atoms with Crippen LogP contribution in [-0.2, 0) is 29.9 Å². The molecule has 1 aliphatic carbocycles. The van der Waals surface area contributed by atoms with Gasteiger partial charge in [-0.25, -0.2) is 0 Å². The van der Waals surface area contributed by atoms with E-state index in [1.165, 1.54) is 20.1 Å². The minimum Gasteiger partial charge on any atom is -0.496 e. The van der Waals surface area contributed by atoms with Crippen molar-refractivity contribution in [3.05, 3.63) is 81.9 Å². The van der Waals surface area contributed by atoms with Crippen molar-refractivity contribution in [1.29, 1.82) is 0 Å². The second-order valence-electron chi connectivity index (χ2n) is 13.0. The number of benzene rings is 3. The molecule has 0 aliphatic heterocycles. The average molecular weight is 750 g/mol. The first-order chi connectivity index (χ1) is 24.2. The zero-order chi connectivity index (χ0) is 38.6. The Hall–Kier alpha value is -3.98. The number of methoxy groups -OCH3 is 1. The molecule has 0 aromatic heterocycles. The Morgan fingerprint density at radius 3 is 1.96 bits per heavy atom. The van der Waals surface area contributed by atoms with Gasteiger partial charge in [0.15, 0.2) is 0 Å². The van der Waals surface area contributed by atoms with Crippen LogP contribution >= 0.6 is 0 Å². The molecule has 0 spiro atoms. The molecule has 3 aromatic rings. The number of carbonyl (C=O) groups is 1. The highest BCUT2D eigenvalue weighted by molar-refractivity contribution is 5.76. The lowest BCUT2D eigenvalue weighted by atomic mass is 9.89. The third-order valence-electron chi connectivity index (χ3n) is 9.34. The van der Waals surface area contributed by atoms with Crippen LogP contribution in [0.3, 0.4) is 0 Å². The fourth-order valence-corrected chi connectivity index (χ4v) is 6.59. The van der Waals surface area contributed by atoms with E-state index < -0.39 is 58.9 Å². The van der Waals surface area contributed by atoms with Gasteiger partial charge in [-0.2, -0.15) is 39.5 Å². The third-order valence-corrected chi connectivity index (χ3v) is 9.34. The monoisotopic (exact) mass is 749 g/mol. The molecule has 6 nitrogen and oxygen atoms in total. The number of hydrogen-bond donors (Lipinski definition) is 2. The Morgan fingerprint density at radius 2 is 1.42 bits per heavy atom. The maximum Gasteiger partial charge on any atom is 0.416 e. The van der Waals surface area contributed by atoms with Gasteiger partial charge in [-0.05, 0) is 97.8 Å². The normalized spacial score (nSPS) is 15.8. The van der Waals surface area contributed by atoms with E-state index in [9.17, 15) is 49.4 Å². The molecule has 3 aromatic carbocycles. The molecule has 0 amide bonds. The number of aryl methyl sites for hydroxylation is 1. The highest BCUT2D eigenvalue weighted by atomic mass is 19.4. The van der Waals surface area contributed by atoms with E-state index in [0.717, 1.165) is 31.4 Å². The van der Waals surface area contributed by atoms with Crippen molar-refractivity contribution in [1.82, 2.24) is 4.90 Å². The number of aliphatic hydroxyl groups excluding tert-OH is 1. The molecule has 0 radical (unpaired) electrons. The maximum absolute atomic E-state index is 14.1. The Balaban J connectivity index is 1.84. The lowest BCUT2D eigenvalue weighted by Crippen LogP contribution is -2.45. The van der Waals surface area contributed by atoms with Crippen molar-refractivity contribution in [3.63, 3.8) is 0 Å². The van der Waals surface area contributed by atoms with Crippen molar-refractivity contribution in [2.45, 2.75) is 102 Å². The molecule has 0 bridgehead atoms. The average Bonchev–Trinajstić information content (AvgIpc) is 3.07. The molecular weight excluding hydrogens is 709 g/mol. The van der Waals surface area contributed by atoms with Crippen molar-refractivity contribution >= 4 is 5.97 Å². The van der Waals surface area contributed by atoms with E-state index in [4.69, 9.17) is 14.6 Å². The summed E-state index contributed by atoms with van der Waals surface area (Å²) in [4.78, 5) is 12.6. The standard InChI is InChI=1S/C37H40F9NO5/c1-21-14-32(51-3)30(19-31(21)52-13-7-10-33(48)49)29-12-11-25(35(38,39)40)17-24(29)20-47(28-8-5-4-6-9-28)22(2)34(50)23-15-26(36(41,42)43)18-27(16-23)37(44,45)46/h11-12,14-19,22,28,34,50H,4-10,13,20H2,1-3H3,(H,48,49). The number of carboxylic acid groups (broad SMARTS) is 1. The summed E-state index contributed by atoms with van der Waals surface area (Å²) in [5, 5.41) is 20.4. The van der Waals surface area contributed by atoms with Crippen LogP contribution in [0.15, 0.2) is 48.5 Å². The number of alkyl halides is 9. The molecule has 2 N–H and O–H groups in total. The fraction of sp³-hybridized carbons (Fsp3) is 0.486. The van der Waals surface area contributed by atoms with Crippen molar-refractivity contribution in [2.24, 2.45) is 0 Å². The van der Waals surface area contributed by atoms with E-state index in [0.29, 0.717) is 41.9 Å². The summed E-state index contributed by atoms with van der Waals surface area (Å²) in [5.41, 5.74) is -3.50. The van der Waals surface area contributed by atoms with E-state index >= 15 is 0 Å². The predicted molar refractivity (Wildman–Crippen MR) is 174 cm³/mol. The van der Waals surface area contributed by atoms with Gasteiger partial charge in [0, 0.05) is 30.6 Å². The first-order valence-corrected chi connectivity index (χ1v) is 16.7. The van der Waals surface area contributed by atoms with Crippen LogP contribution in [0.25, 0.3) is 11.1 Å². The fourth-order valence-electron chi connectivity index (χ4n) is 6.59. The predicted octanol–water partition coefficient (Wildman–Crippen LogP) is 10.2. The summed E-state index contributed by atoms with van der Waals surface area (Å²) >= 11 is 0. The molecule has 4 rings (SSSR count). The SMILES string of the molecule is COc1cc(C)c(OCCCC(=O)O)cc1-c1ccc(C(F)(F)F)cc1CN(C1CCCCC1)C(C)C(O)c1cc(C(F)(F)F)cc(C(F)(F)F)c1. The number of aliphatic hydroxyl groups is 1. The molecular formula is C37H40F9NO5. The number of ether oxygens (including phenoxy) is 2. The first kappa shape index (κ1) is 40.8. The second-order valence-corrected chi connectivity index (χ2v) is 13.0. The van der Waals surface area contributed by atoms with Gasteiger partial charge >= 0.3 is 24.5 Å². The molecule has 15 heteroatoms. The highest BCUT2D eigenvalue weighted by Gasteiger charge is 2.39. The van der Waals surface area contributed by atoms with Crippen LogP contribution in [-0.4, -0.2) is 46.9 Å². The molecule has 2 atom stereocenters. The van der Waals surface area contributed by atoms with Gasteiger partial charge in [0.1, 0.15) is 11.5 Å².